The van der Waals surface area contributed by atoms with Gasteiger partial charge in [0.2, 0.25) is 5.91 Å². The number of fused-ring (bicyclic) bond motifs is 1. The summed E-state index contributed by atoms with van der Waals surface area (Å²) >= 11 is 0. The fraction of sp³-hybridized carbons (Fsp3) is 0.217. The first-order valence-electron chi connectivity index (χ1n) is 9.55. The molecule has 3 aromatic carbocycles. The Kier molecular flexibility index (Phi) is 7.19. The van der Waals surface area contributed by atoms with Crippen molar-refractivity contribution in [3.8, 4) is 0 Å². The predicted molar refractivity (Wildman–Crippen MR) is 116 cm³/mol. The zero-order valence-corrected chi connectivity index (χ0v) is 16.4. The number of hydrogen-bond donors (Lipinski definition) is 3. The number of carbonyl (C=O) groups is 2. The molecule has 3 N–H and O–H groups in total. The van der Waals surface area contributed by atoms with Crippen molar-refractivity contribution in [2.75, 3.05) is 37.4 Å². The van der Waals surface area contributed by atoms with Gasteiger partial charge in [0.1, 0.15) is 0 Å². The van der Waals surface area contributed by atoms with Gasteiger partial charge < -0.3 is 20.7 Å². The van der Waals surface area contributed by atoms with Gasteiger partial charge in [-0.3, -0.25) is 9.59 Å². The van der Waals surface area contributed by atoms with E-state index in [4.69, 9.17) is 4.74 Å². The van der Waals surface area contributed by atoms with Crippen LogP contribution in [0.15, 0.2) is 66.7 Å². The monoisotopic (exact) mass is 391 g/mol. The zero-order chi connectivity index (χ0) is 20.5. The number of amides is 2. The lowest BCUT2D eigenvalue weighted by atomic mass is 10.1. The van der Waals surface area contributed by atoms with Crippen LogP contribution in [-0.2, 0) is 9.53 Å². The van der Waals surface area contributed by atoms with Crippen molar-refractivity contribution in [2.24, 2.45) is 0 Å². The molecule has 0 fully saturated rings. The molecule has 0 unspecified atom stereocenters. The lowest BCUT2D eigenvalue weighted by Gasteiger charge is -2.10. The van der Waals surface area contributed by atoms with Crippen LogP contribution in [0.5, 0.6) is 0 Å². The van der Waals surface area contributed by atoms with E-state index in [2.05, 4.69) is 16.0 Å². The van der Waals surface area contributed by atoms with Crippen molar-refractivity contribution in [1.82, 2.24) is 5.32 Å². The lowest BCUT2D eigenvalue weighted by molar-refractivity contribution is -0.114. The van der Waals surface area contributed by atoms with Gasteiger partial charge in [-0.2, -0.15) is 0 Å². The van der Waals surface area contributed by atoms with Crippen LogP contribution in [0.2, 0.25) is 0 Å². The molecule has 0 heterocycles. The fourth-order valence-electron chi connectivity index (χ4n) is 2.95. The van der Waals surface area contributed by atoms with E-state index in [1.165, 1.54) is 0 Å². The Labute approximate surface area is 170 Å². The molecule has 0 saturated heterocycles. The maximum atomic E-state index is 12.3. The second kappa shape index (κ2) is 10.2. The predicted octanol–water partition coefficient (Wildman–Crippen LogP) is 3.66. The van der Waals surface area contributed by atoms with Gasteiger partial charge in [-0.25, -0.2) is 0 Å². The van der Waals surface area contributed by atoms with Crippen molar-refractivity contribution >= 4 is 34.0 Å². The van der Waals surface area contributed by atoms with E-state index in [1.54, 1.807) is 25.3 Å². The maximum Gasteiger partial charge on any atom is 0.251 e. The molecule has 3 rings (SSSR count). The van der Waals surface area contributed by atoms with E-state index in [1.807, 2.05) is 48.5 Å². The normalized spacial score (nSPS) is 10.5. The van der Waals surface area contributed by atoms with Gasteiger partial charge in [0.05, 0.1) is 6.54 Å². The van der Waals surface area contributed by atoms with Gasteiger partial charge in [-0.05, 0) is 47.5 Å². The smallest absolute Gasteiger partial charge is 0.251 e. The maximum absolute atomic E-state index is 12.3. The van der Waals surface area contributed by atoms with E-state index in [0.717, 1.165) is 22.9 Å². The first kappa shape index (κ1) is 20.4. The van der Waals surface area contributed by atoms with Crippen LogP contribution in [0.3, 0.4) is 0 Å². The van der Waals surface area contributed by atoms with Crippen LogP contribution in [0.4, 0.5) is 11.4 Å². The highest BCUT2D eigenvalue weighted by Gasteiger charge is 2.07. The molecule has 6 heteroatoms. The quantitative estimate of drug-likeness (QED) is 0.487. The Morgan fingerprint density at radius 2 is 1.72 bits per heavy atom. The molecule has 0 saturated carbocycles. The standard InChI is InChI=1S/C23H25N3O3/c1-29-13-5-12-24-23(28)19-8-4-9-20(15-19)25-16-22(27)26-21-11-10-17-6-2-3-7-18(17)14-21/h2-4,6-11,14-15,25H,5,12-13,16H2,1H3,(H,24,28)(H,26,27). The number of methoxy groups -OCH3 is 1. The van der Waals surface area contributed by atoms with E-state index in [-0.39, 0.29) is 18.4 Å². The summed E-state index contributed by atoms with van der Waals surface area (Å²) in [5, 5.41) is 11.0. The van der Waals surface area contributed by atoms with Crippen molar-refractivity contribution in [3.05, 3.63) is 72.3 Å². The molecule has 0 spiro atoms. The Bertz CT molecular complexity index is 988. The average Bonchev–Trinajstić information content (AvgIpc) is 2.75. The summed E-state index contributed by atoms with van der Waals surface area (Å²) in [7, 11) is 1.63. The number of ether oxygens (including phenoxy) is 1. The molecule has 6 nitrogen and oxygen atoms in total. The van der Waals surface area contributed by atoms with E-state index >= 15 is 0 Å². The van der Waals surface area contributed by atoms with Crippen LogP contribution in [0, 0.1) is 0 Å². The van der Waals surface area contributed by atoms with Gasteiger partial charge in [0.25, 0.3) is 5.91 Å². The van der Waals surface area contributed by atoms with Crippen molar-refractivity contribution in [1.29, 1.82) is 0 Å². The third-order valence-corrected chi connectivity index (χ3v) is 4.42. The van der Waals surface area contributed by atoms with Crippen molar-refractivity contribution in [2.45, 2.75) is 6.42 Å². The number of anilines is 2. The Balaban J connectivity index is 1.52. The Morgan fingerprint density at radius 3 is 2.55 bits per heavy atom. The average molecular weight is 391 g/mol. The van der Waals surface area contributed by atoms with Gasteiger partial charge in [-0.1, -0.05) is 36.4 Å². The summed E-state index contributed by atoms with van der Waals surface area (Å²) in [5.74, 6) is -0.305. The number of benzene rings is 3. The number of nitrogens with one attached hydrogen (secondary N) is 3. The molecule has 2 amide bonds. The summed E-state index contributed by atoms with van der Waals surface area (Å²) in [6.45, 7) is 1.26. The lowest BCUT2D eigenvalue weighted by Crippen LogP contribution is -2.25. The van der Waals surface area contributed by atoms with Gasteiger partial charge in [-0.15, -0.1) is 0 Å². The van der Waals surface area contributed by atoms with E-state index < -0.39 is 0 Å². The SMILES string of the molecule is COCCCNC(=O)c1cccc(NCC(=O)Nc2ccc3ccccc3c2)c1. The Morgan fingerprint density at radius 1 is 0.897 bits per heavy atom. The van der Waals surface area contributed by atoms with Gasteiger partial charge >= 0.3 is 0 Å². The van der Waals surface area contributed by atoms with Gasteiger partial charge in [0.15, 0.2) is 0 Å². The summed E-state index contributed by atoms with van der Waals surface area (Å²) in [6.07, 6.45) is 0.759. The highest BCUT2D eigenvalue weighted by atomic mass is 16.5. The van der Waals surface area contributed by atoms with Crippen LogP contribution in [0.25, 0.3) is 10.8 Å². The number of rotatable bonds is 9. The second-order valence-corrected chi connectivity index (χ2v) is 6.65. The van der Waals surface area contributed by atoms with Crippen LogP contribution in [0.1, 0.15) is 16.8 Å². The third-order valence-electron chi connectivity index (χ3n) is 4.42. The molecular weight excluding hydrogens is 366 g/mol. The minimum absolute atomic E-state index is 0.103. The second-order valence-electron chi connectivity index (χ2n) is 6.65. The number of carbonyl (C=O) groups excluding carboxylic acids is 2. The van der Waals surface area contributed by atoms with Crippen LogP contribution < -0.4 is 16.0 Å². The zero-order valence-electron chi connectivity index (χ0n) is 16.4. The van der Waals surface area contributed by atoms with Crippen LogP contribution >= 0.6 is 0 Å². The van der Waals surface area contributed by atoms with Crippen LogP contribution in [-0.4, -0.2) is 38.6 Å². The molecule has 0 atom stereocenters. The molecule has 150 valence electrons. The van der Waals surface area contributed by atoms with Crippen molar-refractivity contribution in [3.63, 3.8) is 0 Å². The molecule has 0 bridgehead atoms. The topological polar surface area (TPSA) is 79.5 Å². The minimum Gasteiger partial charge on any atom is -0.385 e. The molecule has 0 aliphatic carbocycles. The summed E-state index contributed by atoms with van der Waals surface area (Å²) in [4.78, 5) is 24.5. The van der Waals surface area contributed by atoms with E-state index in [9.17, 15) is 9.59 Å². The highest BCUT2D eigenvalue weighted by Crippen LogP contribution is 2.18. The molecule has 0 aliphatic rings. The third kappa shape index (κ3) is 6.05. The largest absolute Gasteiger partial charge is 0.385 e. The van der Waals surface area contributed by atoms with Gasteiger partial charge in [0, 0.05) is 37.2 Å². The molecule has 29 heavy (non-hydrogen) atoms. The first-order valence-corrected chi connectivity index (χ1v) is 9.55. The van der Waals surface area contributed by atoms with Crippen molar-refractivity contribution < 1.29 is 14.3 Å². The first-order chi connectivity index (χ1) is 14.2. The summed E-state index contributed by atoms with van der Waals surface area (Å²) in [5.41, 5.74) is 2.00. The minimum atomic E-state index is -0.158. The molecule has 0 aliphatic heterocycles. The summed E-state index contributed by atoms with van der Waals surface area (Å²) in [6, 6.07) is 20.9. The molecule has 0 radical (unpaired) electrons. The van der Waals surface area contributed by atoms with E-state index in [0.29, 0.717) is 24.4 Å². The Hall–Kier alpha value is -3.38. The summed E-state index contributed by atoms with van der Waals surface area (Å²) < 4.78 is 4.97. The number of hydrogen-bond acceptors (Lipinski definition) is 4. The molecule has 0 aromatic heterocycles. The molecular formula is C23H25N3O3. The fourth-order valence-corrected chi connectivity index (χ4v) is 2.95. The molecule has 3 aromatic rings. The highest BCUT2D eigenvalue weighted by molar-refractivity contribution is 5.97.